The molecule has 0 aliphatic heterocycles. The van der Waals surface area contributed by atoms with Gasteiger partial charge in [-0.05, 0) is 42.3 Å². The van der Waals surface area contributed by atoms with E-state index in [-0.39, 0.29) is 16.9 Å². The third-order valence-electron chi connectivity index (χ3n) is 2.81. The smallest absolute Gasteiger partial charge is 0.416 e. The molecule has 0 bridgehead atoms. The molecule has 100 valence electrons. The maximum atomic E-state index is 13.4. The normalized spacial score (nSPS) is 11.6. The summed E-state index contributed by atoms with van der Waals surface area (Å²) in [5.74, 6) is -0.856. The van der Waals surface area contributed by atoms with E-state index in [1.807, 2.05) is 0 Å². The van der Waals surface area contributed by atoms with Crippen molar-refractivity contribution in [3.63, 3.8) is 0 Å². The Morgan fingerprint density at radius 1 is 1.00 bits per heavy atom. The van der Waals surface area contributed by atoms with Gasteiger partial charge < -0.3 is 5.11 Å². The highest BCUT2D eigenvalue weighted by Crippen LogP contribution is 2.36. The van der Waals surface area contributed by atoms with Crippen LogP contribution in [0.25, 0.3) is 11.1 Å². The molecule has 19 heavy (non-hydrogen) atoms. The highest BCUT2D eigenvalue weighted by atomic mass is 19.4. The lowest BCUT2D eigenvalue weighted by Crippen LogP contribution is -2.04. The summed E-state index contributed by atoms with van der Waals surface area (Å²) < 4.78 is 51.2. The van der Waals surface area contributed by atoms with Gasteiger partial charge in [0.15, 0.2) is 0 Å². The van der Waals surface area contributed by atoms with Crippen LogP contribution in [-0.4, -0.2) is 5.11 Å². The first-order valence-electron chi connectivity index (χ1n) is 5.46. The van der Waals surface area contributed by atoms with E-state index < -0.39 is 17.6 Å². The number of rotatable bonds is 1. The number of hydrogen-bond donors (Lipinski definition) is 1. The summed E-state index contributed by atoms with van der Waals surface area (Å²) in [6, 6.07) is 6.56. The zero-order chi connectivity index (χ0) is 14.2. The van der Waals surface area contributed by atoms with Gasteiger partial charge in [-0.25, -0.2) is 4.39 Å². The highest BCUT2D eigenvalue weighted by molar-refractivity contribution is 5.71. The lowest BCUT2D eigenvalue weighted by Gasteiger charge is -2.11. The summed E-state index contributed by atoms with van der Waals surface area (Å²) in [6.45, 7) is 1.55. The Balaban J connectivity index is 2.58. The number of phenolic OH excluding ortho intramolecular Hbond substituents is 1. The van der Waals surface area contributed by atoms with Gasteiger partial charge in [0, 0.05) is 5.56 Å². The van der Waals surface area contributed by atoms with Crippen molar-refractivity contribution in [2.75, 3.05) is 0 Å². The second-order valence-electron chi connectivity index (χ2n) is 4.19. The molecule has 0 radical (unpaired) electrons. The third kappa shape index (κ3) is 2.70. The predicted molar refractivity (Wildman–Crippen MR) is 63.2 cm³/mol. The molecule has 2 aromatic carbocycles. The largest absolute Gasteiger partial charge is 0.507 e. The first kappa shape index (κ1) is 13.4. The van der Waals surface area contributed by atoms with Crippen molar-refractivity contribution in [2.24, 2.45) is 0 Å². The van der Waals surface area contributed by atoms with Gasteiger partial charge in [0.1, 0.15) is 11.6 Å². The van der Waals surface area contributed by atoms with E-state index in [0.29, 0.717) is 5.56 Å². The van der Waals surface area contributed by atoms with Gasteiger partial charge in [-0.3, -0.25) is 0 Å². The Hall–Kier alpha value is -2.04. The van der Waals surface area contributed by atoms with Crippen LogP contribution >= 0.6 is 0 Å². The van der Waals surface area contributed by atoms with Gasteiger partial charge in [0.05, 0.1) is 5.56 Å². The van der Waals surface area contributed by atoms with Crippen molar-refractivity contribution in [3.05, 3.63) is 53.3 Å². The summed E-state index contributed by atoms with van der Waals surface area (Å²) in [5.41, 5.74) is -0.350. The summed E-state index contributed by atoms with van der Waals surface area (Å²) in [4.78, 5) is 0. The molecular weight excluding hydrogens is 260 g/mol. The number of hydrogen-bond acceptors (Lipinski definition) is 1. The monoisotopic (exact) mass is 270 g/mol. The number of halogens is 4. The maximum Gasteiger partial charge on any atom is 0.416 e. The lowest BCUT2D eigenvalue weighted by atomic mass is 10.0. The summed E-state index contributed by atoms with van der Waals surface area (Å²) in [7, 11) is 0. The second-order valence-corrected chi connectivity index (χ2v) is 4.19. The topological polar surface area (TPSA) is 20.2 Å². The second kappa shape index (κ2) is 4.57. The van der Waals surface area contributed by atoms with E-state index in [9.17, 15) is 22.7 Å². The van der Waals surface area contributed by atoms with E-state index in [4.69, 9.17) is 0 Å². The number of aromatic hydroxyl groups is 1. The van der Waals surface area contributed by atoms with Crippen LogP contribution in [0.15, 0.2) is 36.4 Å². The van der Waals surface area contributed by atoms with E-state index in [1.54, 1.807) is 6.92 Å². The lowest BCUT2D eigenvalue weighted by molar-refractivity contribution is -0.137. The fourth-order valence-electron chi connectivity index (χ4n) is 1.70. The van der Waals surface area contributed by atoms with Gasteiger partial charge >= 0.3 is 6.18 Å². The molecule has 0 spiro atoms. The Morgan fingerprint density at radius 3 is 2.26 bits per heavy atom. The van der Waals surface area contributed by atoms with E-state index >= 15 is 0 Å². The Kier molecular flexibility index (Phi) is 3.22. The van der Waals surface area contributed by atoms with Crippen LogP contribution in [0.3, 0.4) is 0 Å². The molecule has 0 heterocycles. The molecule has 0 saturated carbocycles. The standard InChI is InChI=1S/C14H10F4O/c1-8-2-3-9(6-12(8)15)11-7-10(14(16,17)18)4-5-13(11)19/h2-7,19H,1H3. The quantitative estimate of drug-likeness (QED) is 0.755. The van der Waals surface area contributed by atoms with Crippen LogP contribution in [0.2, 0.25) is 0 Å². The summed E-state index contributed by atoms with van der Waals surface area (Å²) >= 11 is 0. The maximum absolute atomic E-state index is 13.4. The average molecular weight is 270 g/mol. The molecule has 1 nitrogen and oxygen atoms in total. The first-order valence-corrected chi connectivity index (χ1v) is 5.46. The number of benzene rings is 2. The minimum Gasteiger partial charge on any atom is -0.507 e. The SMILES string of the molecule is Cc1ccc(-c2cc(C(F)(F)F)ccc2O)cc1F. The summed E-state index contributed by atoms with van der Waals surface area (Å²) in [5, 5.41) is 9.62. The molecule has 0 aliphatic carbocycles. The highest BCUT2D eigenvalue weighted by Gasteiger charge is 2.31. The van der Waals surface area contributed by atoms with E-state index in [0.717, 1.165) is 24.3 Å². The fraction of sp³-hybridized carbons (Fsp3) is 0.143. The predicted octanol–water partition coefficient (Wildman–Crippen LogP) is 4.53. The molecule has 0 atom stereocenters. The van der Waals surface area contributed by atoms with E-state index in [1.165, 1.54) is 12.1 Å². The first-order chi connectivity index (χ1) is 8.79. The van der Waals surface area contributed by atoms with Crippen LogP contribution in [0.5, 0.6) is 5.75 Å². The fourth-order valence-corrected chi connectivity index (χ4v) is 1.70. The van der Waals surface area contributed by atoms with Crippen molar-refractivity contribution >= 4 is 0 Å². The molecule has 0 aliphatic rings. The van der Waals surface area contributed by atoms with Crippen LogP contribution in [-0.2, 0) is 6.18 Å². The minimum absolute atomic E-state index is 0.0475. The average Bonchev–Trinajstić information content (AvgIpc) is 2.32. The van der Waals surface area contributed by atoms with E-state index in [2.05, 4.69) is 0 Å². The third-order valence-corrected chi connectivity index (χ3v) is 2.81. The Labute approximate surface area is 107 Å². The zero-order valence-electron chi connectivity index (χ0n) is 9.92. The van der Waals surface area contributed by atoms with Gasteiger partial charge in [-0.15, -0.1) is 0 Å². The molecular formula is C14H10F4O. The molecule has 1 N–H and O–H groups in total. The molecule has 0 aromatic heterocycles. The number of aryl methyl sites for hydroxylation is 1. The molecule has 0 saturated heterocycles. The van der Waals surface area contributed by atoms with Crippen LogP contribution in [0.4, 0.5) is 17.6 Å². The van der Waals surface area contributed by atoms with Gasteiger partial charge in [0.25, 0.3) is 0 Å². The zero-order valence-corrected chi connectivity index (χ0v) is 9.92. The molecule has 5 heteroatoms. The molecule has 2 aromatic rings. The van der Waals surface area contributed by atoms with Gasteiger partial charge in [-0.2, -0.15) is 13.2 Å². The van der Waals surface area contributed by atoms with Gasteiger partial charge in [-0.1, -0.05) is 12.1 Å². The molecule has 2 rings (SSSR count). The Bertz CT molecular complexity index is 617. The number of phenols is 1. The van der Waals surface area contributed by atoms with Gasteiger partial charge in [0.2, 0.25) is 0 Å². The minimum atomic E-state index is -4.51. The van der Waals surface area contributed by atoms with Crippen molar-refractivity contribution in [1.82, 2.24) is 0 Å². The van der Waals surface area contributed by atoms with Crippen molar-refractivity contribution in [3.8, 4) is 16.9 Å². The van der Waals surface area contributed by atoms with Crippen LogP contribution in [0.1, 0.15) is 11.1 Å². The summed E-state index contributed by atoms with van der Waals surface area (Å²) in [6.07, 6.45) is -4.51. The van der Waals surface area contributed by atoms with Crippen molar-refractivity contribution < 1.29 is 22.7 Å². The number of alkyl halides is 3. The van der Waals surface area contributed by atoms with Crippen molar-refractivity contribution in [1.29, 1.82) is 0 Å². The molecule has 0 unspecified atom stereocenters. The van der Waals surface area contributed by atoms with Crippen molar-refractivity contribution in [2.45, 2.75) is 13.1 Å². The van der Waals surface area contributed by atoms with Crippen LogP contribution in [0, 0.1) is 12.7 Å². The Morgan fingerprint density at radius 2 is 1.68 bits per heavy atom. The van der Waals surface area contributed by atoms with Crippen LogP contribution < -0.4 is 0 Å². The molecule has 0 fully saturated rings. The molecule has 0 amide bonds.